The Kier molecular flexibility index (Phi) is 3.75. The van der Waals surface area contributed by atoms with Crippen LogP contribution in [0.25, 0.3) is 10.9 Å². The van der Waals surface area contributed by atoms with E-state index in [0.29, 0.717) is 16.7 Å². The van der Waals surface area contributed by atoms with Crippen molar-refractivity contribution >= 4 is 22.6 Å². The Morgan fingerprint density at radius 2 is 1.28 bits per heavy atom. The van der Waals surface area contributed by atoms with Crippen LogP contribution in [0, 0.1) is 0 Å². The van der Waals surface area contributed by atoms with Gasteiger partial charge in [0, 0.05) is 28.3 Å². The van der Waals surface area contributed by atoms with Gasteiger partial charge in [-0.15, -0.1) is 0 Å². The lowest BCUT2D eigenvalue weighted by Crippen LogP contribution is -2.10. The first kappa shape index (κ1) is 15.1. The molecule has 3 aromatic carbocycles. The lowest BCUT2D eigenvalue weighted by molar-refractivity contribution is 0.0964. The second-order valence-corrected chi connectivity index (χ2v) is 5.79. The molecule has 4 aromatic rings. The third-order valence-electron chi connectivity index (χ3n) is 4.25. The van der Waals surface area contributed by atoms with E-state index in [1.807, 2.05) is 54.6 Å². The van der Waals surface area contributed by atoms with Gasteiger partial charge in [-0.1, -0.05) is 60.7 Å². The molecule has 1 heterocycles. The number of hydrogen-bond acceptors (Lipinski definition) is 2. The molecule has 0 aliphatic rings. The molecule has 0 bridgehead atoms. The van der Waals surface area contributed by atoms with Crippen molar-refractivity contribution in [2.45, 2.75) is 0 Å². The van der Waals surface area contributed by atoms with E-state index in [1.165, 1.54) is 0 Å². The van der Waals surface area contributed by atoms with Gasteiger partial charge < -0.3 is 0 Å². The van der Waals surface area contributed by atoms with Crippen molar-refractivity contribution in [3.8, 4) is 0 Å². The molecular weight excluding hydrogens is 310 g/mol. The van der Waals surface area contributed by atoms with Crippen LogP contribution in [-0.4, -0.2) is 16.3 Å². The fourth-order valence-electron chi connectivity index (χ4n) is 3.01. The number of aromatic nitrogens is 1. The third-order valence-corrected chi connectivity index (χ3v) is 4.25. The van der Waals surface area contributed by atoms with Gasteiger partial charge in [0.05, 0.1) is 5.52 Å². The van der Waals surface area contributed by atoms with Crippen LogP contribution in [0.4, 0.5) is 0 Å². The number of nitrogens with zero attached hydrogens (tertiary/aromatic N) is 1. The average molecular weight is 325 g/mol. The van der Waals surface area contributed by atoms with Crippen LogP contribution in [0.5, 0.6) is 0 Å². The van der Waals surface area contributed by atoms with Crippen molar-refractivity contribution in [2.24, 2.45) is 0 Å². The Morgan fingerprint density at radius 3 is 1.96 bits per heavy atom. The van der Waals surface area contributed by atoms with Crippen molar-refractivity contribution in [1.82, 2.24) is 4.57 Å². The number of rotatable bonds is 3. The maximum atomic E-state index is 12.8. The minimum atomic E-state index is -0.111. The quantitative estimate of drug-likeness (QED) is 0.518. The zero-order chi connectivity index (χ0) is 17.2. The molecule has 0 spiro atoms. The number of ketones is 1. The molecule has 0 fully saturated rings. The summed E-state index contributed by atoms with van der Waals surface area (Å²) in [6.45, 7) is 0. The van der Waals surface area contributed by atoms with E-state index >= 15 is 0 Å². The normalized spacial score (nSPS) is 10.7. The lowest BCUT2D eigenvalue weighted by Gasteiger charge is -2.06. The fraction of sp³-hybridized carbons (Fsp3) is 0. The van der Waals surface area contributed by atoms with Gasteiger partial charge in [-0.2, -0.15) is 0 Å². The van der Waals surface area contributed by atoms with E-state index in [9.17, 15) is 9.59 Å². The number of carbonyl (C=O) groups is 2. The maximum Gasteiger partial charge on any atom is 0.262 e. The summed E-state index contributed by atoms with van der Waals surface area (Å²) in [6.07, 6.45) is 1.72. The monoisotopic (exact) mass is 325 g/mol. The zero-order valence-corrected chi connectivity index (χ0v) is 13.4. The molecule has 0 saturated carbocycles. The standard InChI is InChI=1S/C22H15NO2/c24-21(16-8-3-1-4-9-16)19-12-7-13-20-18(19)14-15-23(20)22(25)17-10-5-2-6-11-17/h1-15H. The molecule has 3 nitrogen and oxygen atoms in total. The predicted octanol–water partition coefficient (Wildman–Crippen LogP) is 4.56. The van der Waals surface area contributed by atoms with E-state index in [0.717, 1.165) is 10.9 Å². The first-order valence-electron chi connectivity index (χ1n) is 8.05. The molecule has 120 valence electrons. The summed E-state index contributed by atoms with van der Waals surface area (Å²) in [7, 11) is 0. The number of carbonyl (C=O) groups excluding carboxylic acids is 2. The van der Waals surface area contributed by atoms with Crippen LogP contribution in [0.15, 0.2) is 91.1 Å². The first-order valence-corrected chi connectivity index (χ1v) is 8.05. The number of fused-ring (bicyclic) bond motifs is 1. The molecule has 1 aromatic heterocycles. The van der Waals surface area contributed by atoms with E-state index < -0.39 is 0 Å². The number of hydrogen-bond donors (Lipinski definition) is 0. The predicted molar refractivity (Wildman–Crippen MR) is 98.0 cm³/mol. The highest BCUT2D eigenvalue weighted by atomic mass is 16.2. The summed E-state index contributed by atoms with van der Waals surface area (Å²) >= 11 is 0. The van der Waals surface area contributed by atoms with E-state index in [4.69, 9.17) is 0 Å². The van der Waals surface area contributed by atoms with Crippen molar-refractivity contribution in [2.75, 3.05) is 0 Å². The maximum absolute atomic E-state index is 12.8. The summed E-state index contributed by atoms with van der Waals surface area (Å²) in [6, 6.07) is 25.6. The summed E-state index contributed by atoms with van der Waals surface area (Å²) in [5, 5.41) is 0.778. The second-order valence-electron chi connectivity index (χ2n) is 5.79. The van der Waals surface area contributed by atoms with E-state index in [-0.39, 0.29) is 11.7 Å². The molecule has 0 unspecified atom stereocenters. The molecular formula is C22H15NO2. The van der Waals surface area contributed by atoms with E-state index in [1.54, 1.807) is 41.1 Å². The molecule has 25 heavy (non-hydrogen) atoms. The Balaban J connectivity index is 1.81. The summed E-state index contributed by atoms with van der Waals surface area (Å²) in [4.78, 5) is 25.6. The molecule has 0 aliphatic carbocycles. The first-order chi connectivity index (χ1) is 12.3. The second kappa shape index (κ2) is 6.21. The Morgan fingerprint density at radius 1 is 0.640 bits per heavy atom. The lowest BCUT2D eigenvalue weighted by atomic mass is 10.0. The molecule has 0 N–H and O–H groups in total. The Labute approximate surface area is 145 Å². The van der Waals surface area contributed by atoms with Crippen LogP contribution in [0.1, 0.15) is 26.3 Å². The summed E-state index contributed by atoms with van der Waals surface area (Å²) in [5.74, 6) is -0.156. The SMILES string of the molecule is O=C(c1ccccc1)c1cccc2c1ccn2C(=O)c1ccccc1. The van der Waals surface area contributed by atoms with Gasteiger partial charge in [-0.05, 0) is 24.3 Å². The summed E-state index contributed by atoms with van der Waals surface area (Å²) < 4.78 is 1.59. The highest BCUT2D eigenvalue weighted by Gasteiger charge is 2.16. The summed E-state index contributed by atoms with van der Waals surface area (Å²) in [5.41, 5.74) is 2.58. The molecule has 4 rings (SSSR count). The van der Waals surface area contributed by atoms with Gasteiger partial charge in [0.2, 0.25) is 0 Å². The zero-order valence-electron chi connectivity index (χ0n) is 13.4. The van der Waals surface area contributed by atoms with Crippen molar-refractivity contribution in [3.63, 3.8) is 0 Å². The highest BCUT2D eigenvalue weighted by molar-refractivity contribution is 6.17. The molecule has 0 aliphatic heterocycles. The largest absolute Gasteiger partial charge is 0.289 e. The van der Waals surface area contributed by atoms with Crippen LogP contribution in [-0.2, 0) is 0 Å². The smallest absolute Gasteiger partial charge is 0.262 e. The minimum absolute atomic E-state index is 0.0453. The van der Waals surface area contributed by atoms with Crippen LogP contribution < -0.4 is 0 Å². The van der Waals surface area contributed by atoms with Gasteiger partial charge in [0.25, 0.3) is 5.91 Å². The number of benzene rings is 3. The Hall–Kier alpha value is -3.46. The van der Waals surface area contributed by atoms with Crippen molar-refractivity contribution < 1.29 is 9.59 Å². The van der Waals surface area contributed by atoms with Crippen LogP contribution in [0.3, 0.4) is 0 Å². The molecule has 0 atom stereocenters. The molecule has 3 heteroatoms. The van der Waals surface area contributed by atoms with Gasteiger partial charge in [0.1, 0.15) is 0 Å². The van der Waals surface area contributed by atoms with Crippen LogP contribution >= 0.6 is 0 Å². The van der Waals surface area contributed by atoms with Crippen molar-refractivity contribution in [3.05, 3.63) is 108 Å². The highest BCUT2D eigenvalue weighted by Crippen LogP contribution is 2.23. The van der Waals surface area contributed by atoms with Gasteiger partial charge in [-0.3, -0.25) is 14.2 Å². The molecule has 0 radical (unpaired) electrons. The molecule has 0 amide bonds. The van der Waals surface area contributed by atoms with E-state index in [2.05, 4.69) is 0 Å². The van der Waals surface area contributed by atoms with Gasteiger partial charge in [0.15, 0.2) is 5.78 Å². The average Bonchev–Trinajstić information content (AvgIpc) is 3.12. The van der Waals surface area contributed by atoms with Gasteiger partial charge in [-0.25, -0.2) is 0 Å². The topological polar surface area (TPSA) is 39.1 Å². The fourth-order valence-corrected chi connectivity index (χ4v) is 3.01. The Bertz CT molecular complexity index is 1060. The van der Waals surface area contributed by atoms with Crippen molar-refractivity contribution in [1.29, 1.82) is 0 Å². The molecule has 0 saturated heterocycles. The van der Waals surface area contributed by atoms with Crippen LogP contribution in [0.2, 0.25) is 0 Å². The third kappa shape index (κ3) is 2.66. The van der Waals surface area contributed by atoms with Gasteiger partial charge >= 0.3 is 0 Å². The minimum Gasteiger partial charge on any atom is -0.289 e.